The largest absolute Gasteiger partial charge is 0.378 e. The van der Waals surface area contributed by atoms with E-state index < -0.39 is 0 Å². The highest BCUT2D eigenvalue weighted by molar-refractivity contribution is 7.13. The van der Waals surface area contributed by atoms with E-state index in [0.29, 0.717) is 5.13 Å². The van der Waals surface area contributed by atoms with Crippen LogP contribution in [0.4, 0.5) is 16.9 Å². The molecule has 0 aliphatic carbocycles. The molecule has 0 unspecified atom stereocenters. The van der Waals surface area contributed by atoms with E-state index in [1.54, 1.807) is 0 Å². The van der Waals surface area contributed by atoms with Gasteiger partial charge in [-0.3, -0.25) is 0 Å². The Kier molecular flexibility index (Phi) is 5.24. The Morgan fingerprint density at radius 1 is 1.30 bits per heavy atom. The van der Waals surface area contributed by atoms with Crippen molar-refractivity contribution in [3.05, 3.63) is 22.8 Å². The third-order valence-corrected chi connectivity index (χ3v) is 4.34. The average Bonchev–Trinajstić information content (AvgIpc) is 2.97. The van der Waals surface area contributed by atoms with Crippen molar-refractivity contribution >= 4 is 28.2 Å². The minimum absolute atomic E-state index is 0.634. The van der Waals surface area contributed by atoms with Crippen molar-refractivity contribution in [3.63, 3.8) is 0 Å². The SMILES string of the molecule is Cc1cc(NCCCc2csc(N)n2)nc(N2CCOCC2)n1. The second-order valence-electron chi connectivity index (χ2n) is 5.50. The van der Waals surface area contributed by atoms with Crippen molar-refractivity contribution in [3.8, 4) is 0 Å². The number of hydrogen-bond donors (Lipinski definition) is 2. The number of anilines is 3. The van der Waals surface area contributed by atoms with E-state index in [1.165, 1.54) is 11.3 Å². The van der Waals surface area contributed by atoms with Crippen molar-refractivity contribution in [1.82, 2.24) is 15.0 Å². The fourth-order valence-corrected chi connectivity index (χ4v) is 3.07. The fraction of sp³-hybridized carbons (Fsp3) is 0.533. The number of thiazole rings is 1. The summed E-state index contributed by atoms with van der Waals surface area (Å²) in [7, 11) is 0. The molecule has 0 amide bonds. The zero-order valence-electron chi connectivity index (χ0n) is 13.3. The number of aryl methyl sites for hydroxylation is 2. The molecule has 0 saturated carbocycles. The molecule has 1 saturated heterocycles. The lowest BCUT2D eigenvalue weighted by Crippen LogP contribution is -2.37. The number of morpholine rings is 1. The number of ether oxygens (including phenoxy) is 1. The molecule has 2 aromatic rings. The molecule has 1 aliphatic rings. The fourth-order valence-electron chi connectivity index (χ4n) is 2.47. The summed E-state index contributed by atoms with van der Waals surface area (Å²) in [6.45, 7) is 5.99. The van der Waals surface area contributed by atoms with Crippen molar-refractivity contribution in [2.45, 2.75) is 19.8 Å². The Morgan fingerprint density at radius 2 is 2.13 bits per heavy atom. The van der Waals surface area contributed by atoms with Gasteiger partial charge in [-0.05, 0) is 19.8 Å². The zero-order valence-corrected chi connectivity index (χ0v) is 14.1. The van der Waals surface area contributed by atoms with Gasteiger partial charge in [-0.15, -0.1) is 11.3 Å². The highest BCUT2D eigenvalue weighted by Crippen LogP contribution is 2.16. The topological polar surface area (TPSA) is 89.2 Å². The van der Waals surface area contributed by atoms with E-state index in [-0.39, 0.29) is 0 Å². The van der Waals surface area contributed by atoms with Gasteiger partial charge < -0.3 is 20.7 Å². The first-order valence-electron chi connectivity index (χ1n) is 7.83. The van der Waals surface area contributed by atoms with Gasteiger partial charge in [-0.25, -0.2) is 9.97 Å². The van der Waals surface area contributed by atoms with Gasteiger partial charge in [-0.2, -0.15) is 4.98 Å². The van der Waals surface area contributed by atoms with Crippen LogP contribution in [0.5, 0.6) is 0 Å². The highest BCUT2D eigenvalue weighted by atomic mass is 32.1. The normalized spacial score (nSPS) is 14.9. The number of nitrogens with one attached hydrogen (secondary N) is 1. The van der Waals surface area contributed by atoms with Gasteiger partial charge in [0.2, 0.25) is 5.95 Å². The predicted octanol–water partition coefficient (Wildman–Crippen LogP) is 1.71. The summed E-state index contributed by atoms with van der Waals surface area (Å²) in [4.78, 5) is 15.6. The zero-order chi connectivity index (χ0) is 16.1. The first kappa shape index (κ1) is 15.9. The van der Waals surface area contributed by atoms with Crippen LogP contribution in [0.25, 0.3) is 0 Å². The molecule has 0 bridgehead atoms. The third-order valence-electron chi connectivity index (χ3n) is 3.62. The maximum absolute atomic E-state index is 5.64. The molecule has 0 aromatic carbocycles. The van der Waals surface area contributed by atoms with Crippen molar-refractivity contribution in [2.75, 3.05) is 48.8 Å². The van der Waals surface area contributed by atoms with Gasteiger partial charge in [0, 0.05) is 36.8 Å². The molecule has 7 nitrogen and oxygen atoms in total. The molecule has 0 radical (unpaired) electrons. The van der Waals surface area contributed by atoms with Gasteiger partial charge in [0.25, 0.3) is 0 Å². The number of nitrogens with two attached hydrogens (primary N) is 1. The number of aromatic nitrogens is 3. The second kappa shape index (κ2) is 7.56. The molecule has 0 spiro atoms. The standard InChI is InChI=1S/C15H22N6OS/c1-11-9-13(17-4-2-3-12-10-23-14(16)19-12)20-15(18-11)21-5-7-22-8-6-21/h9-10H,2-8H2,1H3,(H2,16,19)(H,17,18,20). The van der Waals surface area contributed by atoms with Crippen LogP contribution in [0.3, 0.4) is 0 Å². The molecule has 3 rings (SSSR count). The monoisotopic (exact) mass is 334 g/mol. The molecule has 1 fully saturated rings. The summed E-state index contributed by atoms with van der Waals surface area (Å²) in [5, 5.41) is 6.03. The summed E-state index contributed by atoms with van der Waals surface area (Å²) in [6, 6.07) is 1.98. The van der Waals surface area contributed by atoms with Gasteiger partial charge in [0.1, 0.15) is 5.82 Å². The smallest absolute Gasteiger partial charge is 0.227 e. The highest BCUT2D eigenvalue weighted by Gasteiger charge is 2.14. The van der Waals surface area contributed by atoms with Crippen molar-refractivity contribution in [1.29, 1.82) is 0 Å². The molecule has 124 valence electrons. The van der Waals surface area contributed by atoms with Crippen molar-refractivity contribution in [2.24, 2.45) is 0 Å². The summed E-state index contributed by atoms with van der Waals surface area (Å²) in [5.41, 5.74) is 7.67. The summed E-state index contributed by atoms with van der Waals surface area (Å²) in [6.07, 6.45) is 1.90. The minimum atomic E-state index is 0.634. The van der Waals surface area contributed by atoms with Crippen LogP contribution in [-0.2, 0) is 11.2 Å². The number of rotatable bonds is 6. The molecule has 23 heavy (non-hydrogen) atoms. The van der Waals surface area contributed by atoms with E-state index in [4.69, 9.17) is 10.5 Å². The number of hydrogen-bond acceptors (Lipinski definition) is 8. The maximum Gasteiger partial charge on any atom is 0.227 e. The van der Waals surface area contributed by atoms with Gasteiger partial charge >= 0.3 is 0 Å². The van der Waals surface area contributed by atoms with Crippen LogP contribution in [0.15, 0.2) is 11.4 Å². The molecule has 3 heterocycles. The summed E-state index contributed by atoms with van der Waals surface area (Å²) < 4.78 is 5.38. The Bertz CT molecular complexity index is 641. The van der Waals surface area contributed by atoms with Crippen LogP contribution in [0.2, 0.25) is 0 Å². The molecular weight excluding hydrogens is 312 g/mol. The Labute approximate surface area is 139 Å². The molecule has 3 N–H and O–H groups in total. The molecule has 0 atom stereocenters. The number of nitrogens with zero attached hydrogens (tertiary/aromatic N) is 4. The van der Waals surface area contributed by atoms with Gasteiger partial charge in [0.05, 0.1) is 18.9 Å². The average molecular weight is 334 g/mol. The quantitative estimate of drug-likeness (QED) is 0.777. The lowest BCUT2D eigenvalue weighted by molar-refractivity contribution is 0.122. The van der Waals surface area contributed by atoms with E-state index in [1.807, 2.05) is 18.4 Å². The Morgan fingerprint density at radius 3 is 2.87 bits per heavy atom. The maximum atomic E-state index is 5.64. The van der Waals surface area contributed by atoms with Crippen LogP contribution in [-0.4, -0.2) is 47.8 Å². The third kappa shape index (κ3) is 4.52. The first-order chi connectivity index (χ1) is 11.2. The lowest BCUT2D eigenvalue weighted by atomic mass is 10.2. The van der Waals surface area contributed by atoms with Crippen LogP contribution >= 0.6 is 11.3 Å². The van der Waals surface area contributed by atoms with E-state index >= 15 is 0 Å². The van der Waals surface area contributed by atoms with Crippen molar-refractivity contribution < 1.29 is 4.74 Å². The van der Waals surface area contributed by atoms with Crippen LogP contribution in [0, 0.1) is 6.92 Å². The lowest BCUT2D eigenvalue weighted by Gasteiger charge is -2.27. The van der Waals surface area contributed by atoms with Crippen LogP contribution < -0.4 is 16.0 Å². The number of nitrogen functional groups attached to an aromatic ring is 1. The summed E-state index contributed by atoms with van der Waals surface area (Å²) in [5.74, 6) is 1.65. The minimum Gasteiger partial charge on any atom is -0.378 e. The molecule has 1 aliphatic heterocycles. The molecule has 2 aromatic heterocycles. The van der Waals surface area contributed by atoms with E-state index in [0.717, 1.165) is 68.8 Å². The second-order valence-corrected chi connectivity index (χ2v) is 6.39. The molecule has 8 heteroatoms. The van der Waals surface area contributed by atoms with E-state index in [2.05, 4.69) is 25.2 Å². The Balaban J connectivity index is 1.53. The molecular formula is C15H22N6OS. The van der Waals surface area contributed by atoms with Gasteiger partial charge in [-0.1, -0.05) is 0 Å². The van der Waals surface area contributed by atoms with Gasteiger partial charge in [0.15, 0.2) is 5.13 Å². The predicted molar refractivity (Wildman–Crippen MR) is 93.1 cm³/mol. The van der Waals surface area contributed by atoms with E-state index in [9.17, 15) is 0 Å². The summed E-state index contributed by atoms with van der Waals surface area (Å²) >= 11 is 1.49. The first-order valence-corrected chi connectivity index (χ1v) is 8.71. The Hall–Kier alpha value is -1.93. The van der Waals surface area contributed by atoms with Crippen LogP contribution in [0.1, 0.15) is 17.8 Å².